The summed E-state index contributed by atoms with van der Waals surface area (Å²) in [7, 11) is 1.85. The minimum absolute atomic E-state index is 0.0449. The van der Waals surface area contributed by atoms with Gasteiger partial charge in [0.25, 0.3) is 0 Å². The van der Waals surface area contributed by atoms with Crippen LogP contribution in [0.5, 0.6) is 0 Å². The van der Waals surface area contributed by atoms with E-state index in [1.165, 1.54) is 0 Å². The van der Waals surface area contributed by atoms with Gasteiger partial charge in [-0.15, -0.1) is 0 Å². The number of rotatable bonds is 2. The van der Waals surface area contributed by atoms with Crippen LogP contribution in [0.25, 0.3) is 0 Å². The van der Waals surface area contributed by atoms with Gasteiger partial charge in [-0.05, 0) is 19.8 Å². The monoisotopic (exact) mass is 262 g/mol. The summed E-state index contributed by atoms with van der Waals surface area (Å²) < 4.78 is 1.75. The molecule has 0 aromatic carbocycles. The van der Waals surface area contributed by atoms with Crippen LogP contribution in [0, 0.1) is 12.8 Å². The van der Waals surface area contributed by atoms with E-state index < -0.39 is 0 Å². The van der Waals surface area contributed by atoms with Gasteiger partial charge < -0.3 is 10.2 Å². The molecule has 6 heteroatoms. The largest absolute Gasteiger partial charge is 0.354 e. The number of carbonyl (C=O) groups is 2. The van der Waals surface area contributed by atoms with Gasteiger partial charge in [0.15, 0.2) is 6.29 Å². The smallest absolute Gasteiger partial charge is 0.225 e. The lowest BCUT2D eigenvalue weighted by atomic mass is 9.91. The first kappa shape index (κ1) is 12.2. The maximum atomic E-state index is 11.8. The first-order valence-corrected chi connectivity index (χ1v) is 6.66. The lowest BCUT2D eigenvalue weighted by Crippen LogP contribution is -2.46. The highest BCUT2D eigenvalue weighted by Gasteiger charge is 2.42. The van der Waals surface area contributed by atoms with E-state index in [-0.39, 0.29) is 17.9 Å². The van der Waals surface area contributed by atoms with Crippen LogP contribution in [0.3, 0.4) is 0 Å². The van der Waals surface area contributed by atoms with Crippen molar-refractivity contribution in [3.05, 3.63) is 11.3 Å². The Morgan fingerprint density at radius 3 is 3.00 bits per heavy atom. The summed E-state index contributed by atoms with van der Waals surface area (Å²) in [5, 5.41) is 7.26. The van der Waals surface area contributed by atoms with E-state index in [9.17, 15) is 9.59 Å². The predicted octanol–water partition coefficient (Wildman–Crippen LogP) is 0.256. The van der Waals surface area contributed by atoms with Crippen molar-refractivity contribution >= 4 is 18.0 Å². The van der Waals surface area contributed by atoms with E-state index in [0.717, 1.165) is 37.2 Å². The Morgan fingerprint density at radius 1 is 1.47 bits per heavy atom. The summed E-state index contributed by atoms with van der Waals surface area (Å²) in [5.74, 6) is 1.03. The Labute approximate surface area is 111 Å². The third kappa shape index (κ3) is 1.74. The zero-order valence-corrected chi connectivity index (χ0v) is 11.2. The molecule has 1 aromatic rings. The average Bonchev–Trinajstić information content (AvgIpc) is 2.90. The highest BCUT2D eigenvalue weighted by molar-refractivity contribution is 5.87. The van der Waals surface area contributed by atoms with E-state index in [0.29, 0.717) is 12.1 Å². The van der Waals surface area contributed by atoms with Crippen molar-refractivity contribution in [1.29, 1.82) is 0 Å². The predicted molar refractivity (Wildman–Crippen MR) is 70.2 cm³/mol. The zero-order valence-electron chi connectivity index (χ0n) is 11.2. The van der Waals surface area contributed by atoms with Crippen LogP contribution in [0.15, 0.2) is 0 Å². The standard InChI is InChI=1S/C13H18N4O2/c1-8-10(7-18)13(16(2)15-8)17-5-3-4-9-11(17)6-14-12(9)19/h7,9,11H,3-6H2,1-2H3,(H,14,19). The fourth-order valence-corrected chi connectivity index (χ4v) is 3.36. The summed E-state index contributed by atoms with van der Waals surface area (Å²) in [6.45, 7) is 3.37. The van der Waals surface area contributed by atoms with Crippen LogP contribution in [-0.4, -0.2) is 41.1 Å². The lowest BCUT2D eigenvalue weighted by Gasteiger charge is -2.37. The SMILES string of the molecule is Cc1nn(C)c(N2CCCC3C(=O)NCC32)c1C=O. The lowest BCUT2D eigenvalue weighted by molar-refractivity contribution is -0.123. The molecular weight excluding hydrogens is 244 g/mol. The first-order chi connectivity index (χ1) is 9.13. The van der Waals surface area contributed by atoms with Crippen LogP contribution in [0.4, 0.5) is 5.82 Å². The molecule has 2 aliphatic heterocycles. The summed E-state index contributed by atoms with van der Waals surface area (Å²) in [6, 6.07) is 0.148. The molecule has 2 atom stereocenters. The zero-order chi connectivity index (χ0) is 13.6. The molecule has 1 amide bonds. The number of piperidine rings is 1. The fourth-order valence-electron chi connectivity index (χ4n) is 3.36. The van der Waals surface area contributed by atoms with Crippen molar-refractivity contribution in [2.24, 2.45) is 13.0 Å². The number of carbonyl (C=O) groups excluding carboxylic acids is 2. The Hall–Kier alpha value is -1.85. The molecule has 0 spiro atoms. The average molecular weight is 262 g/mol. The quantitative estimate of drug-likeness (QED) is 0.776. The van der Waals surface area contributed by atoms with E-state index in [2.05, 4.69) is 15.3 Å². The van der Waals surface area contributed by atoms with Crippen LogP contribution in [0.1, 0.15) is 28.9 Å². The van der Waals surface area contributed by atoms with Gasteiger partial charge in [0.1, 0.15) is 5.82 Å². The normalized spacial score (nSPS) is 26.2. The molecule has 2 unspecified atom stereocenters. The Kier molecular flexibility index (Phi) is 2.80. The van der Waals surface area contributed by atoms with Crippen molar-refractivity contribution in [1.82, 2.24) is 15.1 Å². The van der Waals surface area contributed by atoms with Crippen molar-refractivity contribution in [2.75, 3.05) is 18.0 Å². The molecule has 3 rings (SSSR count). The molecular formula is C13H18N4O2. The van der Waals surface area contributed by atoms with E-state index in [1.54, 1.807) is 4.68 Å². The second kappa shape index (κ2) is 4.36. The molecule has 2 fully saturated rings. The second-order valence-corrected chi connectivity index (χ2v) is 5.32. The summed E-state index contributed by atoms with van der Waals surface area (Å²) >= 11 is 0. The van der Waals surface area contributed by atoms with Crippen LogP contribution < -0.4 is 10.2 Å². The Morgan fingerprint density at radius 2 is 2.26 bits per heavy atom. The number of nitrogens with one attached hydrogen (secondary N) is 1. The minimum atomic E-state index is 0.0449. The van der Waals surface area contributed by atoms with Gasteiger partial charge in [-0.25, -0.2) is 0 Å². The van der Waals surface area contributed by atoms with E-state index in [1.807, 2.05) is 14.0 Å². The number of aromatic nitrogens is 2. The van der Waals surface area contributed by atoms with E-state index in [4.69, 9.17) is 0 Å². The number of aldehydes is 1. The molecule has 19 heavy (non-hydrogen) atoms. The van der Waals surface area contributed by atoms with Crippen molar-refractivity contribution < 1.29 is 9.59 Å². The molecule has 0 bridgehead atoms. The molecule has 2 saturated heterocycles. The third-order valence-electron chi connectivity index (χ3n) is 4.23. The minimum Gasteiger partial charge on any atom is -0.354 e. The molecule has 3 heterocycles. The molecule has 0 radical (unpaired) electrons. The third-order valence-corrected chi connectivity index (χ3v) is 4.23. The van der Waals surface area contributed by atoms with Gasteiger partial charge in [0.05, 0.1) is 23.2 Å². The van der Waals surface area contributed by atoms with Gasteiger partial charge in [-0.3, -0.25) is 14.3 Å². The number of hydrogen-bond donors (Lipinski definition) is 1. The number of hydrogen-bond acceptors (Lipinski definition) is 4. The van der Waals surface area contributed by atoms with Gasteiger partial charge in [-0.1, -0.05) is 0 Å². The number of amides is 1. The molecule has 102 valence electrons. The van der Waals surface area contributed by atoms with Crippen molar-refractivity contribution in [3.63, 3.8) is 0 Å². The molecule has 6 nitrogen and oxygen atoms in total. The Balaban J connectivity index is 2.02. The van der Waals surface area contributed by atoms with Crippen molar-refractivity contribution in [2.45, 2.75) is 25.8 Å². The Bertz CT molecular complexity index is 537. The first-order valence-electron chi connectivity index (χ1n) is 6.66. The maximum absolute atomic E-state index is 11.8. The topological polar surface area (TPSA) is 67.2 Å². The van der Waals surface area contributed by atoms with Gasteiger partial charge in [0, 0.05) is 20.1 Å². The van der Waals surface area contributed by atoms with Gasteiger partial charge >= 0.3 is 0 Å². The number of aryl methyl sites for hydroxylation is 2. The van der Waals surface area contributed by atoms with Gasteiger partial charge in [-0.2, -0.15) is 5.10 Å². The maximum Gasteiger partial charge on any atom is 0.225 e. The molecule has 0 aliphatic carbocycles. The molecule has 0 saturated carbocycles. The number of anilines is 1. The highest BCUT2D eigenvalue weighted by atomic mass is 16.2. The molecule has 2 aliphatic rings. The summed E-state index contributed by atoms with van der Waals surface area (Å²) in [5.41, 5.74) is 1.38. The summed E-state index contributed by atoms with van der Waals surface area (Å²) in [6.07, 6.45) is 2.77. The fraction of sp³-hybridized carbons (Fsp3) is 0.615. The second-order valence-electron chi connectivity index (χ2n) is 5.32. The number of nitrogens with zero attached hydrogens (tertiary/aromatic N) is 3. The molecule has 1 aromatic heterocycles. The van der Waals surface area contributed by atoms with Crippen LogP contribution in [-0.2, 0) is 11.8 Å². The van der Waals surface area contributed by atoms with Crippen LogP contribution in [0.2, 0.25) is 0 Å². The van der Waals surface area contributed by atoms with Crippen molar-refractivity contribution in [3.8, 4) is 0 Å². The number of fused-ring (bicyclic) bond motifs is 1. The molecule has 1 N–H and O–H groups in total. The van der Waals surface area contributed by atoms with E-state index >= 15 is 0 Å². The van der Waals surface area contributed by atoms with Crippen LogP contribution >= 0.6 is 0 Å². The van der Waals surface area contributed by atoms with Gasteiger partial charge in [0.2, 0.25) is 5.91 Å². The summed E-state index contributed by atoms with van der Waals surface area (Å²) in [4.78, 5) is 25.3. The highest BCUT2D eigenvalue weighted by Crippen LogP contribution is 2.33.